The molecule has 2 rings (SSSR count). The topological polar surface area (TPSA) is 43.1 Å². The van der Waals surface area contributed by atoms with Crippen LogP contribution in [0.3, 0.4) is 0 Å². The molecule has 0 bridgehead atoms. The highest BCUT2D eigenvalue weighted by molar-refractivity contribution is 6.31. The number of carbonyl (C=O) groups is 1. The first-order valence-corrected chi connectivity index (χ1v) is 5.72. The van der Waals surface area contributed by atoms with Crippen molar-refractivity contribution in [1.82, 2.24) is 0 Å². The van der Waals surface area contributed by atoms with E-state index in [2.05, 4.69) is 0 Å². The van der Waals surface area contributed by atoms with Gasteiger partial charge in [-0.2, -0.15) is 0 Å². The van der Waals surface area contributed by atoms with Crippen molar-refractivity contribution in [2.75, 3.05) is 5.73 Å². The van der Waals surface area contributed by atoms with E-state index in [-0.39, 0.29) is 5.78 Å². The molecule has 0 saturated carbocycles. The Bertz CT molecular complexity index is 605. The fourth-order valence-electron chi connectivity index (χ4n) is 1.74. The summed E-state index contributed by atoms with van der Waals surface area (Å²) in [4.78, 5) is 12.2. The van der Waals surface area contributed by atoms with Crippen molar-refractivity contribution in [3.05, 3.63) is 63.9 Å². The molecule has 0 aromatic heterocycles. The van der Waals surface area contributed by atoms with E-state index in [4.69, 9.17) is 17.3 Å². The third kappa shape index (κ3) is 2.51. The molecule has 4 heteroatoms. The summed E-state index contributed by atoms with van der Waals surface area (Å²) in [6.45, 7) is 1.75. The van der Waals surface area contributed by atoms with Gasteiger partial charge in [-0.15, -0.1) is 0 Å². The van der Waals surface area contributed by atoms with Crippen LogP contribution in [-0.4, -0.2) is 5.78 Å². The molecule has 0 aliphatic rings. The van der Waals surface area contributed by atoms with Gasteiger partial charge in [0.05, 0.1) is 0 Å². The van der Waals surface area contributed by atoms with E-state index < -0.39 is 5.82 Å². The Hall–Kier alpha value is -1.87. The summed E-state index contributed by atoms with van der Waals surface area (Å²) in [5.74, 6) is -0.736. The van der Waals surface area contributed by atoms with E-state index in [1.807, 2.05) is 0 Å². The van der Waals surface area contributed by atoms with Gasteiger partial charge in [-0.1, -0.05) is 17.7 Å². The number of halogens is 2. The fourth-order valence-corrected chi connectivity index (χ4v) is 1.98. The number of hydrogen-bond donors (Lipinski definition) is 1. The van der Waals surface area contributed by atoms with Crippen LogP contribution in [0.2, 0.25) is 5.02 Å². The Labute approximate surface area is 109 Å². The minimum atomic E-state index is -0.445. The Balaban J connectivity index is 2.51. The number of aryl methyl sites for hydroxylation is 1. The molecule has 0 aliphatic heterocycles. The van der Waals surface area contributed by atoms with Crippen molar-refractivity contribution in [3.8, 4) is 0 Å². The lowest BCUT2D eigenvalue weighted by Gasteiger charge is -2.06. The van der Waals surface area contributed by atoms with Crippen molar-refractivity contribution < 1.29 is 9.18 Å². The highest BCUT2D eigenvalue weighted by Crippen LogP contribution is 2.21. The highest BCUT2D eigenvalue weighted by atomic mass is 35.5. The van der Waals surface area contributed by atoms with E-state index in [1.54, 1.807) is 19.1 Å². The minimum absolute atomic E-state index is 0.291. The molecule has 0 fully saturated rings. The molecule has 0 heterocycles. The maximum atomic E-state index is 13.2. The lowest BCUT2D eigenvalue weighted by molar-refractivity contribution is 0.103. The molecule has 18 heavy (non-hydrogen) atoms. The molecule has 2 N–H and O–H groups in total. The first-order chi connectivity index (χ1) is 8.47. The smallest absolute Gasteiger partial charge is 0.193 e. The van der Waals surface area contributed by atoms with E-state index >= 15 is 0 Å². The zero-order valence-corrected chi connectivity index (χ0v) is 10.5. The zero-order chi connectivity index (χ0) is 13.3. The maximum absolute atomic E-state index is 13.2. The summed E-state index contributed by atoms with van der Waals surface area (Å²) >= 11 is 5.85. The van der Waals surface area contributed by atoms with E-state index in [1.165, 1.54) is 24.3 Å². The van der Waals surface area contributed by atoms with Crippen LogP contribution in [0.4, 0.5) is 10.1 Å². The minimum Gasteiger partial charge on any atom is -0.399 e. The normalized spacial score (nSPS) is 10.4. The van der Waals surface area contributed by atoms with Gasteiger partial charge in [0.2, 0.25) is 0 Å². The number of nitrogens with two attached hydrogens (primary N) is 1. The molecule has 0 spiro atoms. The second-order valence-corrected chi connectivity index (χ2v) is 4.50. The third-order valence-corrected chi connectivity index (χ3v) is 2.84. The molecule has 2 nitrogen and oxygen atoms in total. The highest BCUT2D eigenvalue weighted by Gasteiger charge is 2.13. The predicted octanol–water partition coefficient (Wildman–Crippen LogP) is 3.60. The number of hydrogen-bond acceptors (Lipinski definition) is 2. The molecule has 0 aliphatic carbocycles. The first kappa shape index (κ1) is 12.6. The average Bonchev–Trinajstić information content (AvgIpc) is 2.30. The summed E-state index contributed by atoms with van der Waals surface area (Å²) in [5, 5.41) is 0.382. The first-order valence-electron chi connectivity index (χ1n) is 5.34. The molecule has 0 unspecified atom stereocenters. The molecular formula is C14H11ClFNO. The van der Waals surface area contributed by atoms with Crippen molar-refractivity contribution in [1.29, 1.82) is 0 Å². The van der Waals surface area contributed by atoms with Crippen LogP contribution in [0.25, 0.3) is 0 Å². The van der Waals surface area contributed by atoms with Crippen molar-refractivity contribution in [3.63, 3.8) is 0 Å². The van der Waals surface area contributed by atoms with Crippen molar-refractivity contribution in [2.45, 2.75) is 6.92 Å². The monoisotopic (exact) mass is 263 g/mol. The number of ketones is 1. The predicted molar refractivity (Wildman–Crippen MR) is 70.4 cm³/mol. The van der Waals surface area contributed by atoms with Gasteiger partial charge in [0.1, 0.15) is 5.82 Å². The number of anilines is 1. The van der Waals surface area contributed by atoms with Gasteiger partial charge >= 0.3 is 0 Å². The van der Waals surface area contributed by atoms with Gasteiger partial charge in [-0.3, -0.25) is 4.79 Å². The Morgan fingerprint density at radius 3 is 2.61 bits per heavy atom. The lowest BCUT2D eigenvalue weighted by Crippen LogP contribution is -2.05. The Morgan fingerprint density at radius 1 is 1.22 bits per heavy atom. The van der Waals surface area contributed by atoms with Crippen LogP contribution in [0.15, 0.2) is 36.4 Å². The summed E-state index contributed by atoms with van der Waals surface area (Å²) in [6, 6.07) is 8.70. The van der Waals surface area contributed by atoms with Gasteiger partial charge < -0.3 is 5.73 Å². The molecule has 0 radical (unpaired) electrons. The van der Waals surface area contributed by atoms with Crippen molar-refractivity contribution >= 4 is 23.1 Å². The number of benzene rings is 2. The van der Waals surface area contributed by atoms with Crippen LogP contribution in [0, 0.1) is 12.7 Å². The van der Waals surface area contributed by atoms with Crippen LogP contribution in [0.1, 0.15) is 21.5 Å². The molecule has 0 atom stereocenters. The Morgan fingerprint density at radius 2 is 1.94 bits per heavy atom. The van der Waals surface area contributed by atoms with Crippen LogP contribution in [-0.2, 0) is 0 Å². The SMILES string of the molecule is Cc1ccc(F)cc1C(=O)c1cc(N)cc(Cl)c1. The molecule has 2 aromatic carbocycles. The molecular weight excluding hydrogens is 253 g/mol. The summed E-state index contributed by atoms with van der Waals surface area (Å²) < 4.78 is 13.2. The standard InChI is InChI=1S/C14H11ClFNO/c1-8-2-3-11(16)7-13(8)14(18)9-4-10(15)6-12(17)5-9/h2-7H,17H2,1H3. The van der Waals surface area contributed by atoms with Gasteiger partial charge in [0.15, 0.2) is 5.78 Å². The van der Waals surface area contributed by atoms with Gasteiger partial charge in [0.25, 0.3) is 0 Å². The maximum Gasteiger partial charge on any atom is 0.193 e. The quantitative estimate of drug-likeness (QED) is 0.664. The largest absolute Gasteiger partial charge is 0.399 e. The van der Waals surface area contributed by atoms with Gasteiger partial charge in [-0.05, 0) is 42.8 Å². The fraction of sp³-hybridized carbons (Fsp3) is 0.0714. The summed E-state index contributed by atoms with van der Waals surface area (Å²) in [7, 11) is 0. The van der Waals surface area contributed by atoms with Crippen LogP contribution >= 0.6 is 11.6 Å². The third-order valence-electron chi connectivity index (χ3n) is 2.63. The second-order valence-electron chi connectivity index (χ2n) is 4.06. The van der Waals surface area contributed by atoms with Crippen molar-refractivity contribution in [2.24, 2.45) is 0 Å². The summed E-state index contributed by atoms with van der Waals surface area (Å²) in [6.07, 6.45) is 0. The Kier molecular flexibility index (Phi) is 3.34. The molecule has 2 aromatic rings. The average molecular weight is 264 g/mol. The van der Waals surface area contributed by atoms with Crippen LogP contribution in [0.5, 0.6) is 0 Å². The summed E-state index contributed by atoms with van der Waals surface area (Å²) in [5.41, 5.74) is 7.42. The van der Waals surface area contributed by atoms with E-state index in [0.29, 0.717) is 27.4 Å². The molecule has 0 amide bonds. The lowest BCUT2D eigenvalue weighted by atomic mass is 9.99. The van der Waals surface area contributed by atoms with E-state index in [0.717, 1.165) is 0 Å². The van der Waals surface area contributed by atoms with Crippen LogP contribution < -0.4 is 5.73 Å². The molecule has 92 valence electrons. The molecule has 0 saturated heterocycles. The number of carbonyl (C=O) groups excluding carboxylic acids is 1. The number of nitrogen functional groups attached to an aromatic ring is 1. The van der Waals surface area contributed by atoms with Gasteiger partial charge in [-0.25, -0.2) is 4.39 Å². The zero-order valence-electron chi connectivity index (χ0n) is 9.71. The van der Waals surface area contributed by atoms with Gasteiger partial charge in [0, 0.05) is 21.8 Å². The number of rotatable bonds is 2. The second kappa shape index (κ2) is 4.78. The van der Waals surface area contributed by atoms with E-state index in [9.17, 15) is 9.18 Å².